The Kier molecular flexibility index (Phi) is 4.76. The number of rotatable bonds is 5. The van der Waals surface area contributed by atoms with Gasteiger partial charge in [-0.3, -0.25) is 4.79 Å². The Bertz CT molecular complexity index is 440. The minimum Gasteiger partial charge on any atom is -0.481 e. The van der Waals surface area contributed by atoms with Gasteiger partial charge < -0.3 is 10.0 Å². The number of aryl methyl sites for hydroxylation is 3. The van der Waals surface area contributed by atoms with Crippen LogP contribution in [-0.2, 0) is 4.79 Å². The fourth-order valence-corrected chi connectivity index (χ4v) is 2.17. The lowest BCUT2D eigenvalue weighted by Gasteiger charge is -2.25. The summed E-state index contributed by atoms with van der Waals surface area (Å²) in [5.74, 6) is -1.03. The molecule has 0 amide bonds. The summed E-state index contributed by atoms with van der Waals surface area (Å²) in [7, 11) is 1.96. The Labute approximate surface area is 109 Å². The molecule has 1 N–H and O–H groups in total. The van der Waals surface area contributed by atoms with Crippen LogP contribution in [-0.4, -0.2) is 24.7 Å². The fourth-order valence-electron chi connectivity index (χ4n) is 2.17. The summed E-state index contributed by atoms with van der Waals surface area (Å²) in [6, 6.07) is 4.29. The van der Waals surface area contributed by atoms with Crippen molar-refractivity contribution in [2.75, 3.05) is 18.5 Å². The minimum atomic E-state index is -0.717. The highest BCUT2D eigenvalue weighted by Gasteiger charge is 2.18. The van der Waals surface area contributed by atoms with E-state index < -0.39 is 5.97 Å². The lowest BCUT2D eigenvalue weighted by Crippen LogP contribution is -2.30. The second-order valence-corrected chi connectivity index (χ2v) is 5.05. The molecule has 0 aromatic heterocycles. The van der Waals surface area contributed by atoms with Crippen molar-refractivity contribution in [3.63, 3.8) is 0 Å². The topological polar surface area (TPSA) is 40.5 Å². The number of carboxylic acids is 1. The third-order valence-corrected chi connectivity index (χ3v) is 3.56. The standard InChI is InChI=1S/C15H23NO2/c1-6-13(15(17)18)9-16(5)14-8-11(3)10(2)7-12(14)4/h7-8,13H,6,9H2,1-5H3,(H,17,18). The molecular weight excluding hydrogens is 226 g/mol. The van der Waals surface area contributed by atoms with Gasteiger partial charge in [-0.05, 0) is 49.9 Å². The smallest absolute Gasteiger partial charge is 0.308 e. The van der Waals surface area contributed by atoms with Crippen molar-refractivity contribution in [2.45, 2.75) is 34.1 Å². The molecule has 1 rings (SSSR count). The van der Waals surface area contributed by atoms with E-state index >= 15 is 0 Å². The molecule has 0 aliphatic carbocycles. The maximum absolute atomic E-state index is 11.1. The normalized spacial score (nSPS) is 12.3. The van der Waals surface area contributed by atoms with Crippen LogP contribution in [0.5, 0.6) is 0 Å². The van der Waals surface area contributed by atoms with E-state index in [1.165, 1.54) is 16.7 Å². The third kappa shape index (κ3) is 3.25. The van der Waals surface area contributed by atoms with Crippen molar-refractivity contribution in [1.82, 2.24) is 0 Å². The van der Waals surface area contributed by atoms with E-state index in [0.29, 0.717) is 13.0 Å². The molecule has 3 nitrogen and oxygen atoms in total. The molecule has 0 spiro atoms. The maximum Gasteiger partial charge on any atom is 0.308 e. The van der Waals surface area contributed by atoms with Crippen LogP contribution in [0.2, 0.25) is 0 Å². The van der Waals surface area contributed by atoms with E-state index in [9.17, 15) is 4.79 Å². The number of anilines is 1. The van der Waals surface area contributed by atoms with Gasteiger partial charge in [0.25, 0.3) is 0 Å². The number of carbonyl (C=O) groups is 1. The van der Waals surface area contributed by atoms with Crippen LogP contribution in [0.3, 0.4) is 0 Å². The number of hydrogen-bond donors (Lipinski definition) is 1. The first-order valence-corrected chi connectivity index (χ1v) is 6.38. The molecule has 100 valence electrons. The number of nitrogens with zero attached hydrogens (tertiary/aromatic N) is 1. The first-order valence-electron chi connectivity index (χ1n) is 6.38. The number of hydrogen-bond acceptors (Lipinski definition) is 2. The molecule has 1 aromatic carbocycles. The van der Waals surface area contributed by atoms with Crippen molar-refractivity contribution in [3.8, 4) is 0 Å². The summed E-state index contributed by atoms with van der Waals surface area (Å²) in [5.41, 5.74) is 4.83. The average molecular weight is 249 g/mol. The van der Waals surface area contributed by atoms with Gasteiger partial charge >= 0.3 is 5.97 Å². The fraction of sp³-hybridized carbons (Fsp3) is 0.533. The lowest BCUT2D eigenvalue weighted by atomic mass is 10.0. The molecule has 1 atom stereocenters. The third-order valence-electron chi connectivity index (χ3n) is 3.56. The minimum absolute atomic E-state index is 0.309. The van der Waals surface area contributed by atoms with Crippen LogP contribution in [0, 0.1) is 26.7 Å². The predicted molar refractivity (Wildman–Crippen MR) is 75.3 cm³/mol. The van der Waals surface area contributed by atoms with Gasteiger partial charge in [0.05, 0.1) is 5.92 Å². The lowest BCUT2D eigenvalue weighted by molar-refractivity contribution is -0.141. The summed E-state index contributed by atoms with van der Waals surface area (Å²) in [4.78, 5) is 13.1. The largest absolute Gasteiger partial charge is 0.481 e. The van der Waals surface area contributed by atoms with Gasteiger partial charge in [-0.2, -0.15) is 0 Å². The molecule has 0 saturated heterocycles. The van der Waals surface area contributed by atoms with Crippen molar-refractivity contribution in [2.24, 2.45) is 5.92 Å². The molecule has 0 aliphatic heterocycles. The first kappa shape index (κ1) is 14.6. The van der Waals surface area contributed by atoms with Crippen molar-refractivity contribution in [3.05, 3.63) is 28.8 Å². The molecule has 18 heavy (non-hydrogen) atoms. The number of aliphatic carboxylic acids is 1. The van der Waals surface area contributed by atoms with Crippen molar-refractivity contribution < 1.29 is 9.90 Å². The SMILES string of the molecule is CCC(CN(C)c1cc(C)c(C)cc1C)C(=O)O. The zero-order valence-electron chi connectivity index (χ0n) is 11.9. The Morgan fingerprint density at radius 3 is 2.28 bits per heavy atom. The van der Waals surface area contributed by atoms with E-state index in [1.807, 2.05) is 18.9 Å². The van der Waals surface area contributed by atoms with E-state index in [0.717, 1.165) is 5.69 Å². The van der Waals surface area contributed by atoms with Crippen LogP contribution in [0.4, 0.5) is 5.69 Å². The van der Waals surface area contributed by atoms with Gasteiger partial charge in [0.2, 0.25) is 0 Å². The molecule has 0 heterocycles. The zero-order valence-corrected chi connectivity index (χ0v) is 11.9. The number of carboxylic acid groups (broad SMARTS) is 1. The highest BCUT2D eigenvalue weighted by atomic mass is 16.4. The van der Waals surface area contributed by atoms with Crippen LogP contribution in [0.25, 0.3) is 0 Å². The number of benzene rings is 1. The van der Waals surface area contributed by atoms with Gasteiger partial charge in [-0.1, -0.05) is 13.0 Å². The van der Waals surface area contributed by atoms with E-state index in [4.69, 9.17) is 5.11 Å². The van der Waals surface area contributed by atoms with Crippen LogP contribution < -0.4 is 4.90 Å². The summed E-state index contributed by atoms with van der Waals surface area (Å²) in [5, 5.41) is 9.11. The molecule has 0 aliphatic rings. The molecule has 1 unspecified atom stereocenters. The van der Waals surface area contributed by atoms with Crippen LogP contribution >= 0.6 is 0 Å². The Morgan fingerprint density at radius 2 is 1.78 bits per heavy atom. The van der Waals surface area contributed by atoms with Crippen LogP contribution in [0.15, 0.2) is 12.1 Å². The monoisotopic (exact) mass is 249 g/mol. The highest BCUT2D eigenvalue weighted by molar-refractivity contribution is 5.71. The summed E-state index contributed by atoms with van der Waals surface area (Å²) < 4.78 is 0. The molecule has 1 aromatic rings. The molecule has 0 bridgehead atoms. The predicted octanol–water partition coefficient (Wildman–Crippen LogP) is 3.16. The first-order chi connectivity index (χ1) is 8.36. The molecule has 3 heteroatoms. The summed E-state index contributed by atoms with van der Waals surface area (Å²) in [6.07, 6.45) is 0.656. The second kappa shape index (κ2) is 5.89. The van der Waals surface area contributed by atoms with E-state index in [2.05, 4.69) is 32.9 Å². The van der Waals surface area contributed by atoms with Crippen molar-refractivity contribution in [1.29, 1.82) is 0 Å². The Hall–Kier alpha value is -1.51. The highest BCUT2D eigenvalue weighted by Crippen LogP contribution is 2.24. The van der Waals surface area contributed by atoms with E-state index in [-0.39, 0.29) is 5.92 Å². The van der Waals surface area contributed by atoms with Gasteiger partial charge in [0, 0.05) is 19.3 Å². The summed E-state index contributed by atoms with van der Waals surface area (Å²) in [6.45, 7) is 8.72. The summed E-state index contributed by atoms with van der Waals surface area (Å²) >= 11 is 0. The van der Waals surface area contributed by atoms with Gasteiger partial charge in [-0.15, -0.1) is 0 Å². The molecule has 0 saturated carbocycles. The van der Waals surface area contributed by atoms with E-state index in [1.54, 1.807) is 0 Å². The van der Waals surface area contributed by atoms with Crippen molar-refractivity contribution >= 4 is 11.7 Å². The van der Waals surface area contributed by atoms with Gasteiger partial charge in [0.15, 0.2) is 0 Å². The molecule has 0 fully saturated rings. The quantitative estimate of drug-likeness (QED) is 0.871. The molecule has 0 radical (unpaired) electrons. The average Bonchev–Trinajstić information content (AvgIpc) is 2.29. The zero-order chi connectivity index (χ0) is 13.9. The molecular formula is C15H23NO2. The second-order valence-electron chi connectivity index (χ2n) is 5.05. The maximum atomic E-state index is 11.1. The van der Waals surface area contributed by atoms with Gasteiger partial charge in [0.1, 0.15) is 0 Å². The van der Waals surface area contributed by atoms with Crippen LogP contribution in [0.1, 0.15) is 30.0 Å². The van der Waals surface area contributed by atoms with Gasteiger partial charge in [-0.25, -0.2) is 0 Å². The Morgan fingerprint density at radius 1 is 1.22 bits per heavy atom. The Balaban J connectivity index is 2.93.